The highest BCUT2D eigenvalue weighted by molar-refractivity contribution is 6.32. The average molecular weight is 529 g/mol. The van der Waals surface area contributed by atoms with Crippen LogP contribution in [0.3, 0.4) is 0 Å². The molecule has 194 valence electrons. The van der Waals surface area contributed by atoms with Gasteiger partial charge >= 0.3 is 0 Å². The Balaban J connectivity index is 1.87. The van der Waals surface area contributed by atoms with Crippen LogP contribution in [0.15, 0.2) is 83.6 Å². The summed E-state index contributed by atoms with van der Waals surface area (Å²) >= 11 is 6.50. The molecule has 1 heterocycles. The Morgan fingerprint density at radius 3 is 2.47 bits per heavy atom. The topological polar surface area (TPSA) is 82.8 Å². The summed E-state index contributed by atoms with van der Waals surface area (Å²) in [6.07, 6.45) is 1.67. The van der Waals surface area contributed by atoms with Crippen molar-refractivity contribution in [2.24, 2.45) is 0 Å². The second-order valence-corrected chi connectivity index (χ2v) is 9.83. The molecule has 5 rings (SSSR count). The summed E-state index contributed by atoms with van der Waals surface area (Å²) in [5.74, 6) is 0.388. The number of rotatable bonds is 5. The number of aryl methyl sites for hydroxylation is 1. The monoisotopic (exact) mass is 528 g/mol. The van der Waals surface area contributed by atoms with Gasteiger partial charge in [0.1, 0.15) is 23.1 Å². The Morgan fingerprint density at radius 1 is 1.03 bits per heavy atom. The zero-order valence-electron chi connectivity index (χ0n) is 21.5. The van der Waals surface area contributed by atoms with Gasteiger partial charge in [0.2, 0.25) is 0 Å². The first-order valence-electron chi connectivity index (χ1n) is 12.5. The number of nitrogens with zero attached hydrogens (tertiary/aromatic N) is 1. The van der Waals surface area contributed by atoms with Gasteiger partial charge in [0.05, 0.1) is 20.1 Å². The number of allylic oxidation sites excluding steroid dienone is 2. The summed E-state index contributed by atoms with van der Waals surface area (Å²) in [5, 5.41) is 21.8. The third kappa shape index (κ3) is 4.35. The predicted molar refractivity (Wildman–Crippen MR) is 151 cm³/mol. The summed E-state index contributed by atoms with van der Waals surface area (Å²) in [5.41, 5.74) is 4.39. The Hall–Kier alpha value is -4.03. The summed E-state index contributed by atoms with van der Waals surface area (Å²) in [7, 11) is 3.14. The lowest BCUT2D eigenvalue weighted by Gasteiger charge is -2.42. The summed E-state index contributed by atoms with van der Waals surface area (Å²) in [6.45, 7) is 1.92. The fourth-order valence-corrected chi connectivity index (χ4v) is 5.50. The van der Waals surface area contributed by atoms with Gasteiger partial charge in [0, 0.05) is 45.1 Å². The maximum atomic E-state index is 13.7. The van der Waals surface area contributed by atoms with E-state index in [4.69, 9.17) is 21.1 Å². The van der Waals surface area contributed by atoms with Crippen molar-refractivity contribution in [1.82, 2.24) is 0 Å². The minimum atomic E-state index is -0.729. The molecule has 0 spiro atoms. The highest BCUT2D eigenvalue weighted by atomic mass is 35.5. The number of hydrogen-bond donors (Lipinski definition) is 2. The van der Waals surface area contributed by atoms with Crippen LogP contribution in [0.4, 0.5) is 5.69 Å². The fourth-order valence-electron chi connectivity index (χ4n) is 5.33. The maximum Gasteiger partial charge on any atom is 0.161 e. The number of ketones is 1. The molecule has 0 fully saturated rings. The standard InChI is InChI=1S/C31H29ClN2O4/c1-18-12-13-20(16-23(18)32)34-24-10-7-11-25(35)28(24)27(22-17-21(37-2)14-15-26(22)38-3)29(31(34)33)30(36)19-8-5-4-6-9-19/h4-6,8-9,12-17,27,33,36H,7,10-11H2,1-3H3/t27-/m0/s1. The second-order valence-electron chi connectivity index (χ2n) is 9.42. The maximum absolute atomic E-state index is 13.7. The Morgan fingerprint density at radius 2 is 1.79 bits per heavy atom. The van der Waals surface area contributed by atoms with Crippen molar-refractivity contribution in [3.63, 3.8) is 0 Å². The van der Waals surface area contributed by atoms with E-state index in [0.29, 0.717) is 63.7 Å². The van der Waals surface area contributed by atoms with Crippen molar-refractivity contribution in [3.05, 3.63) is 105 Å². The third-order valence-electron chi connectivity index (χ3n) is 7.22. The summed E-state index contributed by atoms with van der Waals surface area (Å²) in [4.78, 5) is 15.5. The van der Waals surface area contributed by atoms with E-state index in [0.717, 1.165) is 11.3 Å². The van der Waals surface area contributed by atoms with Crippen molar-refractivity contribution in [2.45, 2.75) is 32.1 Å². The van der Waals surface area contributed by atoms with Gasteiger partial charge in [0.15, 0.2) is 5.78 Å². The molecule has 0 aromatic heterocycles. The van der Waals surface area contributed by atoms with Crippen LogP contribution in [0.1, 0.15) is 41.9 Å². The predicted octanol–water partition coefficient (Wildman–Crippen LogP) is 7.22. The highest BCUT2D eigenvalue weighted by Gasteiger charge is 2.44. The molecule has 2 N–H and O–H groups in total. The first-order valence-corrected chi connectivity index (χ1v) is 12.9. The van der Waals surface area contributed by atoms with Gasteiger partial charge in [0.25, 0.3) is 0 Å². The van der Waals surface area contributed by atoms with Crippen LogP contribution in [0.5, 0.6) is 11.5 Å². The second kappa shape index (κ2) is 10.4. The first kappa shape index (κ1) is 25.6. The Bertz CT molecular complexity index is 1490. The lowest BCUT2D eigenvalue weighted by molar-refractivity contribution is -0.116. The molecule has 0 unspecified atom stereocenters. The van der Waals surface area contributed by atoms with Crippen LogP contribution in [0, 0.1) is 12.3 Å². The van der Waals surface area contributed by atoms with Gasteiger partial charge in [-0.3, -0.25) is 15.1 Å². The molecule has 0 saturated heterocycles. The number of amidine groups is 1. The van der Waals surface area contributed by atoms with Crippen LogP contribution in [-0.4, -0.2) is 30.9 Å². The van der Waals surface area contributed by atoms with E-state index in [-0.39, 0.29) is 17.4 Å². The number of Topliss-reactive ketones (excluding diaryl/α,β-unsaturated/α-hetero) is 1. The number of carbonyl (C=O) groups excluding carboxylic acids is 1. The minimum Gasteiger partial charge on any atom is -0.507 e. The normalized spacial score (nSPS) is 18.8. The van der Waals surface area contributed by atoms with Crippen LogP contribution >= 0.6 is 11.6 Å². The number of ether oxygens (including phenoxy) is 2. The molecule has 3 aromatic rings. The summed E-state index contributed by atoms with van der Waals surface area (Å²) in [6, 6.07) is 20.1. The fraction of sp³-hybridized carbons (Fsp3) is 0.226. The van der Waals surface area contributed by atoms with E-state index in [9.17, 15) is 15.3 Å². The minimum absolute atomic E-state index is 0.0183. The van der Waals surface area contributed by atoms with E-state index < -0.39 is 5.92 Å². The lowest BCUT2D eigenvalue weighted by atomic mass is 9.73. The molecule has 0 bridgehead atoms. The largest absolute Gasteiger partial charge is 0.507 e. The molecule has 1 aliphatic heterocycles. The van der Waals surface area contributed by atoms with Crippen molar-refractivity contribution < 1.29 is 19.4 Å². The van der Waals surface area contributed by atoms with E-state index in [1.165, 1.54) is 0 Å². The molecular weight excluding hydrogens is 500 g/mol. The van der Waals surface area contributed by atoms with Crippen molar-refractivity contribution in [1.29, 1.82) is 5.41 Å². The molecule has 3 aromatic carbocycles. The lowest BCUT2D eigenvalue weighted by Crippen LogP contribution is -2.42. The summed E-state index contributed by atoms with van der Waals surface area (Å²) < 4.78 is 11.2. The molecule has 1 atom stereocenters. The number of aliphatic hydroxyl groups is 1. The number of methoxy groups -OCH3 is 2. The Labute approximate surface area is 227 Å². The van der Waals surface area contributed by atoms with Crippen molar-refractivity contribution >= 4 is 34.7 Å². The zero-order valence-corrected chi connectivity index (χ0v) is 22.3. The van der Waals surface area contributed by atoms with E-state index in [2.05, 4.69) is 0 Å². The highest BCUT2D eigenvalue weighted by Crippen LogP contribution is 2.50. The number of carbonyl (C=O) groups is 1. The number of anilines is 1. The molecule has 38 heavy (non-hydrogen) atoms. The van der Waals surface area contributed by atoms with Gasteiger partial charge in [-0.25, -0.2) is 0 Å². The van der Waals surface area contributed by atoms with Gasteiger partial charge in [-0.1, -0.05) is 48.0 Å². The molecule has 0 radical (unpaired) electrons. The third-order valence-corrected chi connectivity index (χ3v) is 7.63. The van der Waals surface area contributed by atoms with E-state index in [1.807, 2.05) is 43.3 Å². The molecular formula is C31H29ClN2O4. The Kier molecular flexibility index (Phi) is 7.00. The zero-order chi connectivity index (χ0) is 27.0. The van der Waals surface area contributed by atoms with Gasteiger partial charge in [-0.05, 0) is 55.7 Å². The van der Waals surface area contributed by atoms with Gasteiger partial charge < -0.3 is 14.6 Å². The SMILES string of the molecule is COc1ccc(OC)c([C@@H]2C(=C(O)c3ccccc3)C(=N)N(c3ccc(C)c(Cl)c3)C3=C2C(=O)CCC3)c1. The average Bonchev–Trinajstić information content (AvgIpc) is 2.94. The number of halogens is 1. The van der Waals surface area contributed by atoms with Crippen LogP contribution in [-0.2, 0) is 4.79 Å². The van der Waals surface area contributed by atoms with Crippen molar-refractivity contribution in [2.75, 3.05) is 19.1 Å². The number of hydrogen-bond acceptors (Lipinski definition) is 5. The van der Waals surface area contributed by atoms with Crippen molar-refractivity contribution in [3.8, 4) is 11.5 Å². The van der Waals surface area contributed by atoms with E-state index in [1.54, 1.807) is 49.5 Å². The number of benzene rings is 3. The smallest absolute Gasteiger partial charge is 0.161 e. The van der Waals surface area contributed by atoms with Crippen LogP contribution in [0.2, 0.25) is 5.02 Å². The van der Waals surface area contributed by atoms with Crippen LogP contribution < -0.4 is 14.4 Å². The molecule has 6 nitrogen and oxygen atoms in total. The van der Waals surface area contributed by atoms with Gasteiger partial charge in [-0.15, -0.1) is 0 Å². The molecule has 2 aliphatic rings. The number of aliphatic hydroxyl groups excluding tert-OH is 1. The molecule has 7 heteroatoms. The molecule has 0 amide bonds. The molecule has 1 aliphatic carbocycles. The molecule has 0 saturated carbocycles. The van der Waals surface area contributed by atoms with Crippen LogP contribution in [0.25, 0.3) is 5.76 Å². The quantitative estimate of drug-likeness (QED) is 0.341. The first-order chi connectivity index (χ1) is 18.3. The number of nitrogens with one attached hydrogen (secondary N) is 1. The van der Waals surface area contributed by atoms with E-state index >= 15 is 0 Å². The van der Waals surface area contributed by atoms with Gasteiger partial charge in [-0.2, -0.15) is 0 Å².